The predicted molar refractivity (Wildman–Crippen MR) is 86.6 cm³/mol. The van der Waals surface area contributed by atoms with Crippen LogP contribution in [0.1, 0.15) is 36.6 Å². The highest BCUT2D eigenvalue weighted by atomic mass is 16.7. The van der Waals surface area contributed by atoms with Crippen molar-refractivity contribution >= 4 is 17.8 Å². The molecule has 0 saturated heterocycles. The van der Waals surface area contributed by atoms with Crippen LogP contribution in [0.5, 0.6) is 11.5 Å². The number of methoxy groups -OCH3 is 2. The summed E-state index contributed by atoms with van der Waals surface area (Å²) in [7, 11) is 2.93. The van der Waals surface area contributed by atoms with Gasteiger partial charge in [-0.2, -0.15) is 0 Å². The number of benzene rings is 2. The van der Waals surface area contributed by atoms with Crippen molar-refractivity contribution in [3.63, 3.8) is 0 Å². The van der Waals surface area contributed by atoms with Crippen LogP contribution in [0.3, 0.4) is 0 Å². The first-order valence-electron chi connectivity index (χ1n) is 7.41. The highest BCUT2D eigenvalue weighted by Gasteiger charge is 2.39. The molecular weight excluding hydrogens is 326 g/mol. The van der Waals surface area contributed by atoms with E-state index in [2.05, 4.69) is 0 Å². The summed E-state index contributed by atoms with van der Waals surface area (Å²) in [6.45, 7) is 1.65. The molecule has 7 nitrogen and oxygen atoms in total. The van der Waals surface area contributed by atoms with Crippen LogP contribution < -0.4 is 9.47 Å². The Morgan fingerprint density at radius 1 is 0.920 bits per heavy atom. The van der Waals surface area contributed by atoms with Gasteiger partial charge in [0.15, 0.2) is 11.5 Å². The standard InChI is InChI=1S/C18H15NO6/c1-10-11(8-9-14(23-2)15(10)24-3)18(22)25-19-16(20)12-6-4-5-7-13(12)17(19)21/h4-9H,1-3H3. The molecule has 2 aromatic carbocycles. The average Bonchev–Trinajstić information content (AvgIpc) is 2.86. The van der Waals surface area contributed by atoms with Gasteiger partial charge >= 0.3 is 5.97 Å². The molecule has 0 aromatic heterocycles. The summed E-state index contributed by atoms with van der Waals surface area (Å²) >= 11 is 0. The van der Waals surface area contributed by atoms with Crippen molar-refractivity contribution < 1.29 is 28.7 Å². The summed E-state index contributed by atoms with van der Waals surface area (Å²) in [6, 6.07) is 9.31. The van der Waals surface area contributed by atoms with Crippen molar-refractivity contribution in [3.8, 4) is 11.5 Å². The lowest BCUT2D eigenvalue weighted by Crippen LogP contribution is -2.32. The summed E-state index contributed by atoms with van der Waals surface area (Å²) in [6.07, 6.45) is 0. The number of hydrogen-bond donors (Lipinski definition) is 0. The second kappa shape index (κ2) is 6.27. The molecule has 0 spiro atoms. The van der Waals surface area contributed by atoms with Crippen LogP contribution in [0, 0.1) is 6.92 Å². The lowest BCUT2D eigenvalue weighted by molar-refractivity contribution is -0.0585. The summed E-state index contributed by atoms with van der Waals surface area (Å²) < 4.78 is 10.4. The molecule has 0 radical (unpaired) electrons. The Hall–Kier alpha value is -3.35. The van der Waals surface area contributed by atoms with E-state index >= 15 is 0 Å². The molecule has 0 fully saturated rings. The topological polar surface area (TPSA) is 82.1 Å². The molecule has 25 heavy (non-hydrogen) atoms. The Balaban J connectivity index is 1.89. The zero-order valence-electron chi connectivity index (χ0n) is 13.9. The number of ether oxygens (including phenoxy) is 2. The summed E-state index contributed by atoms with van der Waals surface area (Å²) in [5.41, 5.74) is 1.03. The van der Waals surface area contributed by atoms with E-state index in [0.717, 1.165) is 0 Å². The molecule has 0 atom stereocenters. The van der Waals surface area contributed by atoms with Crippen LogP contribution in [-0.2, 0) is 4.84 Å². The van der Waals surface area contributed by atoms with E-state index in [-0.39, 0.29) is 16.7 Å². The molecule has 3 rings (SSSR count). The van der Waals surface area contributed by atoms with Gasteiger partial charge in [0.05, 0.1) is 30.9 Å². The van der Waals surface area contributed by atoms with Crippen molar-refractivity contribution in [2.45, 2.75) is 6.92 Å². The number of nitrogens with zero attached hydrogens (tertiary/aromatic N) is 1. The van der Waals surface area contributed by atoms with E-state index in [4.69, 9.17) is 14.3 Å². The van der Waals surface area contributed by atoms with Crippen LogP contribution in [0.4, 0.5) is 0 Å². The fraction of sp³-hybridized carbons (Fsp3) is 0.167. The molecule has 0 aliphatic carbocycles. The van der Waals surface area contributed by atoms with Gasteiger partial charge < -0.3 is 14.3 Å². The van der Waals surface area contributed by atoms with Crippen LogP contribution in [-0.4, -0.2) is 37.1 Å². The molecule has 0 unspecified atom stereocenters. The lowest BCUT2D eigenvalue weighted by Gasteiger charge is -2.16. The summed E-state index contributed by atoms with van der Waals surface area (Å²) in [5, 5.41) is 0.475. The lowest BCUT2D eigenvalue weighted by atomic mass is 10.1. The van der Waals surface area contributed by atoms with Gasteiger partial charge in [0.2, 0.25) is 0 Å². The molecule has 0 N–H and O–H groups in total. The minimum atomic E-state index is -0.840. The Bertz CT molecular complexity index is 854. The minimum absolute atomic E-state index is 0.161. The van der Waals surface area contributed by atoms with Crippen molar-refractivity contribution in [1.82, 2.24) is 5.06 Å². The van der Waals surface area contributed by atoms with Gasteiger partial charge in [-0.05, 0) is 31.2 Å². The summed E-state index contributed by atoms with van der Waals surface area (Å²) in [5.74, 6) is -1.36. The monoisotopic (exact) mass is 341 g/mol. The number of rotatable bonds is 4. The van der Waals surface area contributed by atoms with Crippen LogP contribution >= 0.6 is 0 Å². The first-order valence-corrected chi connectivity index (χ1v) is 7.41. The highest BCUT2D eigenvalue weighted by Crippen LogP contribution is 2.33. The fourth-order valence-electron chi connectivity index (χ4n) is 2.68. The first kappa shape index (κ1) is 16.5. The van der Waals surface area contributed by atoms with E-state index in [1.54, 1.807) is 25.1 Å². The van der Waals surface area contributed by atoms with Crippen molar-refractivity contribution in [3.05, 3.63) is 58.7 Å². The quantitative estimate of drug-likeness (QED) is 0.794. The minimum Gasteiger partial charge on any atom is -0.493 e. The van der Waals surface area contributed by atoms with Gasteiger partial charge in [-0.15, -0.1) is 0 Å². The molecule has 2 aromatic rings. The van der Waals surface area contributed by atoms with E-state index in [1.165, 1.54) is 32.4 Å². The normalized spacial score (nSPS) is 12.8. The van der Waals surface area contributed by atoms with Gasteiger partial charge in [-0.3, -0.25) is 9.59 Å². The molecule has 1 heterocycles. The number of hydroxylamine groups is 2. The van der Waals surface area contributed by atoms with Crippen molar-refractivity contribution in [2.24, 2.45) is 0 Å². The highest BCUT2D eigenvalue weighted by molar-refractivity contribution is 6.21. The third-order valence-corrected chi connectivity index (χ3v) is 3.94. The van der Waals surface area contributed by atoms with Crippen molar-refractivity contribution in [2.75, 3.05) is 14.2 Å². The van der Waals surface area contributed by atoms with Gasteiger partial charge in [-0.25, -0.2) is 4.79 Å². The largest absolute Gasteiger partial charge is 0.493 e. The molecule has 0 bridgehead atoms. The molecule has 7 heteroatoms. The molecule has 1 aliphatic heterocycles. The van der Waals surface area contributed by atoms with Crippen LogP contribution in [0.25, 0.3) is 0 Å². The average molecular weight is 341 g/mol. The number of hydrogen-bond acceptors (Lipinski definition) is 6. The first-order chi connectivity index (χ1) is 12.0. The third kappa shape index (κ3) is 2.59. The van der Waals surface area contributed by atoms with Gasteiger partial charge in [-0.1, -0.05) is 17.2 Å². The smallest absolute Gasteiger partial charge is 0.364 e. The van der Waals surface area contributed by atoms with Gasteiger partial charge in [0.1, 0.15) is 0 Å². The van der Waals surface area contributed by atoms with E-state index in [9.17, 15) is 14.4 Å². The molecular formula is C18H15NO6. The second-order valence-electron chi connectivity index (χ2n) is 5.30. The number of carbonyl (C=O) groups excluding carboxylic acids is 3. The van der Waals surface area contributed by atoms with E-state index in [0.29, 0.717) is 22.1 Å². The van der Waals surface area contributed by atoms with E-state index < -0.39 is 17.8 Å². The maximum absolute atomic E-state index is 12.5. The Morgan fingerprint density at radius 3 is 2.04 bits per heavy atom. The molecule has 2 amide bonds. The maximum Gasteiger partial charge on any atom is 0.364 e. The maximum atomic E-state index is 12.5. The number of fused-ring (bicyclic) bond motifs is 1. The van der Waals surface area contributed by atoms with Gasteiger partial charge in [0.25, 0.3) is 11.8 Å². The van der Waals surface area contributed by atoms with Crippen LogP contribution in [0.15, 0.2) is 36.4 Å². The summed E-state index contributed by atoms with van der Waals surface area (Å²) in [4.78, 5) is 42.1. The molecule has 1 aliphatic rings. The number of amides is 2. The number of imide groups is 1. The zero-order valence-corrected chi connectivity index (χ0v) is 13.9. The SMILES string of the molecule is COc1ccc(C(=O)ON2C(=O)c3ccccc3C2=O)c(C)c1OC. The fourth-order valence-corrected chi connectivity index (χ4v) is 2.68. The predicted octanol–water partition coefficient (Wildman–Crippen LogP) is 2.38. The van der Waals surface area contributed by atoms with E-state index in [1.807, 2.05) is 0 Å². The Kier molecular flexibility index (Phi) is 4.14. The Labute approximate surface area is 143 Å². The zero-order chi connectivity index (χ0) is 18.1. The van der Waals surface area contributed by atoms with Gasteiger partial charge in [0, 0.05) is 5.56 Å². The molecule has 0 saturated carbocycles. The van der Waals surface area contributed by atoms with Crippen molar-refractivity contribution in [1.29, 1.82) is 0 Å². The van der Waals surface area contributed by atoms with Crippen LogP contribution in [0.2, 0.25) is 0 Å². The third-order valence-electron chi connectivity index (χ3n) is 3.94. The second-order valence-corrected chi connectivity index (χ2v) is 5.30. The number of carbonyl (C=O) groups is 3. The molecule has 128 valence electrons. The Morgan fingerprint density at radius 2 is 1.52 bits per heavy atom.